The number of piperazine rings is 1. The van der Waals surface area contributed by atoms with Crippen LogP contribution in [0.3, 0.4) is 0 Å². The minimum absolute atomic E-state index is 0.659. The van der Waals surface area contributed by atoms with E-state index in [9.17, 15) is 0 Å². The van der Waals surface area contributed by atoms with Crippen LogP contribution in [0.5, 0.6) is 0 Å². The highest BCUT2D eigenvalue weighted by Gasteiger charge is 2.22. The standard InChI is InChI=1S/C30H42N4/c1-23(2)33-17-15-32(16-18-33)14-11-31-29-9-12-34(13-10-29)30-6-4-5-25(22-30)28-20-26-8-7-24(3)19-27(26)21-28/h4-8,19,21-23,29,31H,9-18,20H2,1-3H3. The molecule has 2 aromatic carbocycles. The van der Waals surface area contributed by atoms with E-state index in [2.05, 4.69) is 89.3 Å². The van der Waals surface area contributed by atoms with Gasteiger partial charge in [0.05, 0.1) is 0 Å². The first kappa shape index (κ1) is 23.6. The summed E-state index contributed by atoms with van der Waals surface area (Å²) in [5.41, 5.74) is 8.41. The van der Waals surface area contributed by atoms with Gasteiger partial charge < -0.3 is 10.2 Å². The lowest BCUT2D eigenvalue weighted by molar-refractivity contribution is 0.108. The Morgan fingerprint density at radius 2 is 1.74 bits per heavy atom. The van der Waals surface area contributed by atoms with Gasteiger partial charge in [0.15, 0.2) is 0 Å². The molecule has 34 heavy (non-hydrogen) atoms. The van der Waals surface area contributed by atoms with E-state index in [4.69, 9.17) is 0 Å². The Kier molecular flexibility index (Phi) is 7.38. The van der Waals surface area contributed by atoms with Crippen LogP contribution in [-0.4, -0.2) is 74.2 Å². The zero-order chi connectivity index (χ0) is 23.5. The predicted molar refractivity (Wildman–Crippen MR) is 146 cm³/mol. The number of anilines is 1. The van der Waals surface area contributed by atoms with Crippen molar-refractivity contribution in [2.24, 2.45) is 0 Å². The maximum atomic E-state index is 3.85. The summed E-state index contributed by atoms with van der Waals surface area (Å²) in [6.45, 7) is 16.3. The molecule has 0 bridgehead atoms. The number of aryl methyl sites for hydroxylation is 1. The summed E-state index contributed by atoms with van der Waals surface area (Å²) in [6.07, 6.45) is 5.91. The van der Waals surface area contributed by atoms with Crippen molar-refractivity contribution < 1.29 is 0 Å². The molecule has 0 aromatic heterocycles. The molecule has 0 radical (unpaired) electrons. The van der Waals surface area contributed by atoms with Gasteiger partial charge in [0.25, 0.3) is 0 Å². The molecule has 0 spiro atoms. The maximum Gasteiger partial charge on any atom is 0.0372 e. The smallest absolute Gasteiger partial charge is 0.0372 e. The summed E-state index contributed by atoms with van der Waals surface area (Å²) in [6, 6.07) is 17.4. The third-order valence-electron chi connectivity index (χ3n) is 8.09. The predicted octanol–water partition coefficient (Wildman–Crippen LogP) is 4.68. The van der Waals surface area contributed by atoms with Gasteiger partial charge in [-0.15, -0.1) is 0 Å². The second kappa shape index (κ2) is 10.6. The SMILES string of the molecule is Cc1ccc2c(c1)C=C(c1cccc(N3CCC(NCCN4CCN(C(C)C)CC4)CC3)c1)C2. The van der Waals surface area contributed by atoms with Gasteiger partial charge in [-0.2, -0.15) is 0 Å². The molecule has 0 amide bonds. The number of hydrogen-bond acceptors (Lipinski definition) is 4. The summed E-state index contributed by atoms with van der Waals surface area (Å²) < 4.78 is 0. The topological polar surface area (TPSA) is 21.8 Å². The first-order chi connectivity index (χ1) is 16.5. The summed E-state index contributed by atoms with van der Waals surface area (Å²) in [5, 5.41) is 3.85. The van der Waals surface area contributed by atoms with Gasteiger partial charge in [0.1, 0.15) is 0 Å². The zero-order valence-corrected chi connectivity index (χ0v) is 21.4. The van der Waals surface area contributed by atoms with Crippen LogP contribution in [0.15, 0.2) is 42.5 Å². The molecule has 4 nitrogen and oxygen atoms in total. The van der Waals surface area contributed by atoms with Gasteiger partial charge in [0.2, 0.25) is 0 Å². The fourth-order valence-corrected chi connectivity index (χ4v) is 5.81. The molecule has 182 valence electrons. The molecule has 0 saturated carbocycles. The van der Waals surface area contributed by atoms with E-state index in [1.807, 2.05) is 0 Å². The van der Waals surface area contributed by atoms with Crippen molar-refractivity contribution in [1.82, 2.24) is 15.1 Å². The average Bonchev–Trinajstić information content (AvgIpc) is 3.28. The van der Waals surface area contributed by atoms with E-state index in [1.54, 1.807) is 0 Å². The second-order valence-electron chi connectivity index (χ2n) is 10.8. The Hall–Kier alpha value is -2.14. The highest BCUT2D eigenvalue weighted by atomic mass is 15.3. The van der Waals surface area contributed by atoms with E-state index < -0.39 is 0 Å². The van der Waals surface area contributed by atoms with Gasteiger partial charge in [-0.3, -0.25) is 9.80 Å². The Labute approximate surface area is 206 Å². The Morgan fingerprint density at radius 3 is 2.50 bits per heavy atom. The molecule has 0 unspecified atom stereocenters. The van der Waals surface area contributed by atoms with E-state index in [1.165, 1.54) is 79.1 Å². The van der Waals surface area contributed by atoms with E-state index in [-0.39, 0.29) is 0 Å². The maximum absolute atomic E-state index is 3.85. The Morgan fingerprint density at radius 1 is 0.941 bits per heavy atom. The fourth-order valence-electron chi connectivity index (χ4n) is 5.81. The fraction of sp³-hybridized carbons (Fsp3) is 0.533. The number of nitrogens with one attached hydrogen (secondary N) is 1. The molecular weight excluding hydrogens is 416 g/mol. The van der Waals surface area contributed by atoms with E-state index >= 15 is 0 Å². The van der Waals surface area contributed by atoms with Gasteiger partial charge in [-0.25, -0.2) is 0 Å². The van der Waals surface area contributed by atoms with Gasteiger partial charge in [-0.1, -0.05) is 42.0 Å². The van der Waals surface area contributed by atoms with Crippen LogP contribution in [0.2, 0.25) is 0 Å². The highest BCUT2D eigenvalue weighted by molar-refractivity contribution is 5.89. The number of hydrogen-bond donors (Lipinski definition) is 1. The van der Waals surface area contributed by atoms with Crippen molar-refractivity contribution in [2.45, 2.75) is 52.1 Å². The molecule has 2 fully saturated rings. The van der Waals surface area contributed by atoms with Crippen LogP contribution in [0.1, 0.15) is 48.9 Å². The molecule has 3 aliphatic rings. The van der Waals surface area contributed by atoms with Crippen molar-refractivity contribution >= 4 is 17.3 Å². The van der Waals surface area contributed by atoms with Crippen LogP contribution in [0, 0.1) is 6.92 Å². The molecule has 2 aliphatic heterocycles. The number of nitrogens with zero attached hydrogens (tertiary/aromatic N) is 3. The van der Waals surface area contributed by atoms with Crippen molar-refractivity contribution in [3.63, 3.8) is 0 Å². The zero-order valence-electron chi connectivity index (χ0n) is 21.4. The second-order valence-corrected chi connectivity index (χ2v) is 10.8. The number of piperidine rings is 1. The highest BCUT2D eigenvalue weighted by Crippen LogP contribution is 2.34. The largest absolute Gasteiger partial charge is 0.371 e. The molecule has 2 heterocycles. The lowest BCUT2D eigenvalue weighted by Gasteiger charge is -2.37. The third kappa shape index (κ3) is 5.56. The molecular formula is C30H42N4. The monoisotopic (exact) mass is 458 g/mol. The van der Waals surface area contributed by atoms with Crippen molar-refractivity contribution in [1.29, 1.82) is 0 Å². The van der Waals surface area contributed by atoms with E-state index in [0.717, 1.165) is 26.1 Å². The summed E-state index contributed by atoms with van der Waals surface area (Å²) >= 11 is 0. The van der Waals surface area contributed by atoms with Crippen LogP contribution in [-0.2, 0) is 6.42 Å². The molecule has 1 N–H and O–H groups in total. The third-order valence-corrected chi connectivity index (χ3v) is 8.09. The summed E-state index contributed by atoms with van der Waals surface area (Å²) in [4.78, 5) is 7.81. The Bertz CT molecular complexity index is 995. The molecule has 2 aromatic rings. The van der Waals surface area contributed by atoms with Crippen LogP contribution >= 0.6 is 0 Å². The van der Waals surface area contributed by atoms with Gasteiger partial charge in [-0.05, 0) is 74.4 Å². The number of allylic oxidation sites excluding steroid dienone is 1. The minimum atomic E-state index is 0.659. The van der Waals surface area contributed by atoms with Crippen molar-refractivity contribution in [3.05, 3.63) is 64.7 Å². The molecule has 1 aliphatic carbocycles. The number of rotatable bonds is 7. The minimum Gasteiger partial charge on any atom is -0.371 e. The summed E-state index contributed by atoms with van der Waals surface area (Å²) in [5.74, 6) is 0. The lowest BCUT2D eigenvalue weighted by atomic mass is 10.0. The van der Waals surface area contributed by atoms with Crippen molar-refractivity contribution in [2.75, 3.05) is 57.3 Å². The lowest BCUT2D eigenvalue weighted by Crippen LogP contribution is -2.51. The molecule has 2 saturated heterocycles. The van der Waals surface area contributed by atoms with Crippen LogP contribution in [0.25, 0.3) is 11.6 Å². The van der Waals surface area contributed by atoms with Crippen LogP contribution < -0.4 is 10.2 Å². The normalized spacial score (nSPS) is 20.1. The average molecular weight is 459 g/mol. The van der Waals surface area contributed by atoms with E-state index in [0.29, 0.717) is 12.1 Å². The molecule has 0 atom stereocenters. The summed E-state index contributed by atoms with van der Waals surface area (Å²) in [7, 11) is 0. The first-order valence-corrected chi connectivity index (χ1v) is 13.4. The quantitative estimate of drug-likeness (QED) is 0.650. The number of fused-ring (bicyclic) bond motifs is 1. The number of benzene rings is 2. The van der Waals surface area contributed by atoms with Crippen LogP contribution in [0.4, 0.5) is 5.69 Å². The molecule has 4 heteroatoms. The van der Waals surface area contributed by atoms with Crippen molar-refractivity contribution in [3.8, 4) is 0 Å². The first-order valence-electron chi connectivity index (χ1n) is 13.4. The molecule has 5 rings (SSSR count). The Balaban J connectivity index is 1.08. The van der Waals surface area contributed by atoms with Gasteiger partial charge in [0, 0.05) is 70.1 Å². The van der Waals surface area contributed by atoms with Gasteiger partial charge >= 0.3 is 0 Å².